The maximum atomic E-state index is 11.2. The van der Waals surface area contributed by atoms with Crippen molar-refractivity contribution < 1.29 is 9.90 Å². The third kappa shape index (κ3) is 2.91. The summed E-state index contributed by atoms with van der Waals surface area (Å²) in [5, 5.41) is 10.2. The second kappa shape index (κ2) is 5.24. The predicted octanol–water partition coefficient (Wildman–Crippen LogP) is 4.98. The molecular weight excluding hydrogens is 283 g/mol. The lowest BCUT2D eigenvalue weighted by atomic mass is 9.95. The van der Waals surface area contributed by atoms with Gasteiger partial charge in [0.25, 0.3) is 0 Å². The maximum Gasteiger partial charge on any atom is 0.335 e. The van der Waals surface area contributed by atoms with E-state index in [1.807, 2.05) is 13.0 Å². The van der Waals surface area contributed by atoms with Crippen LogP contribution in [0.4, 0.5) is 0 Å². The lowest BCUT2D eigenvalue weighted by Gasteiger charge is -2.11. The quantitative estimate of drug-likeness (QED) is 0.848. The number of aryl methyl sites for hydroxylation is 2. The molecule has 4 heteroatoms. The fourth-order valence-corrected chi connectivity index (χ4v) is 2.63. The number of carboxylic acids is 1. The van der Waals surface area contributed by atoms with Crippen molar-refractivity contribution in [3.05, 3.63) is 57.1 Å². The van der Waals surface area contributed by atoms with Crippen LogP contribution in [0.25, 0.3) is 11.1 Å². The van der Waals surface area contributed by atoms with E-state index < -0.39 is 5.97 Å². The summed E-state index contributed by atoms with van der Waals surface area (Å²) < 4.78 is 0. The summed E-state index contributed by atoms with van der Waals surface area (Å²) in [5.74, 6) is -0.938. The molecule has 2 nitrogen and oxygen atoms in total. The molecule has 98 valence electrons. The van der Waals surface area contributed by atoms with Gasteiger partial charge in [-0.1, -0.05) is 29.3 Å². The fourth-order valence-electron chi connectivity index (χ4n) is 2.10. The van der Waals surface area contributed by atoms with Gasteiger partial charge in [0.15, 0.2) is 0 Å². The molecule has 0 aliphatic carbocycles. The Bertz CT molecular complexity index is 643. The summed E-state index contributed by atoms with van der Waals surface area (Å²) >= 11 is 12.0. The minimum Gasteiger partial charge on any atom is -0.478 e. The Balaban J connectivity index is 2.67. The molecule has 0 radical (unpaired) electrons. The van der Waals surface area contributed by atoms with Gasteiger partial charge in [-0.3, -0.25) is 0 Å². The van der Waals surface area contributed by atoms with Crippen LogP contribution in [-0.4, -0.2) is 11.1 Å². The van der Waals surface area contributed by atoms with Gasteiger partial charge in [0.2, 0.25) is 0 Å². The number of rotatable bonds is 2. The standard InChI is InChI=1S/C15H12Cl2O2/c1-8-3-9(2)14(15(18)19)7-13(8)10-4-11(16)6-12(17)5-10/h3-7H,1-2H3,(H,18,19). The fraction of sp³-hybridized carbons (Fsp3) is 0.133. The molecule has 0 spiro atoms. The average Bonchev–Trinajstić information content (AvgIpc) is 2.26. The molecule has 0 saturated heterocycles. The lowest BCUT2D eigenvalue weighted by molar-refractivity contribution is 0.0696. The molecule has 0 heterocycles. The van der Waals surface area contributed by atoms with Crippen molar-refractivity contribution in [3.63, 3.8) is 0 Å². The first-order chi connectivity index (χ1) is 8.88. The van der Waals surface area contributed by atoms with Crippen LogP contribution in [0.15, 0.2) is 30.3 Å². The largest absolute Gasteiger partial charge is 0.478 e. The van der Waals surface area contributed by atoms with Gasteiger partial charge in [-0.25, -0.2) is 4.79 Å². The summed E-state index contributed by atoms with van der Waals surface area (Å²) in [4.78, 5) is 11.2. The van der Waals surface area contributed by atoms with Gasteiger partial charge in [-0.15, -0.1) is 0 Å². The van der Waals surface area contributed by atoms with Crippen molar-refractivity contribution in [1.29, 1.82) is 0 Å². The molecule has 0 fully saturated rings. The average molecular weight is 295 g/mol. The number of aromatic carboxylic acids is 1. The number of hydrogen-bond donors (Lipinski definition) is 1. The van der Waals surface area contributed by atoms with E-state index in [1.165, 1.54) is 0 Å². The Labute approximate surface area is 121 Å². The normalized spacial score (nSPS) is 10.5. The summed E-state index contributed by atoms with van der Waals surface area (Å²) in [6.45, 7) is 3.72. The molecule has 0 aromatic heterocycles. The zero-order valence-electron chi connectivity index (χ0n) is 10.5. The highest BCUT2D eigenvalue weighted by atomic mass is 35.5. The third-order valence-corrected chi connectivity index (χ3v) is 3.41. The van der Waals surface area contributed by atoms with E-state index >= 15 is 0 Å². The molecule has 2 aromatic rings. The Hall–Kier alpha value is -1.51. The Morgan fingerprint density at radius 2 is 1.53 bits per heavy atom. The molecule has 2 aromatic carbocycles. The van der Waals surface area contributed by atoms with Crippen molar-refractivity contribution in [2.75, 3.05) is 0 Å². The topological polar surface area (TPSA) is 37.3 Å². The number of carboxylic acid groups (broad SMARTS) is 1. The van der Waals surface area contributed by atoms with E-state index in [4.69, 9.17) is 23.2 Å². The highest BCUT2D eigenvalue weighted by molar-refractivity contribution is 6.35. The maximum absolute atomic E-state index is 11.2. The van der Waals surface area contributed by atoms with E-state index in [-0.39, 0.29) is 5.56 Å². The summed E-state index contributed by atoms with van der Waals surface area (Å²) in [5.41, 5.74) is 3.66. The molecule has 0 atom stereocenters. The summed E-state index contributed by atoms with van der Waals surface area (Å²) in [7, 11) is 0. The molecule has 0 aliphatic heterocycles. The highest BCUT2D eigenvalue weighted by Gasteiger charge is 2.12. The van der Waals surface area contributed by atoms with Gasteiger partial charge >= 0.3 is 5.97 Å². The second-order valence-electron chi connectivity index (χ2n) is 4.45. The van der Waals surface area contributed by atoms with Gasteiger partial charge in [0.05, 0.1) is 5.56 Å². The van der Waals surface area contributed by atoms with Crippen LogP contribution in [0.5, 0.6) is 0 Å². The molecule has 0 bridgehead atoms. The van der Waals surface area contributed by atoms with Gasteiger partial charge in [0, 0.05) is 10.0 Å². The molecule has 0 aliphatic rings. The van der Waals surface area contributed by atoms with Gasteiger partial charge < -0.3 is 5.11 Å². The monoisotopic (exact) mass is 294 g/mol. The number of benzene rings is 2. The molecule has 0 unspecified atom stereocenters. The van der Waals surface area contributed by atoms with E-state index in [0.717, 1.165) is 22.3 Å². The minimum atomic E-state index is -0.938. The second-order valence-corrected chi connectivity index (χ2v) is 5.32. The zero-order chi connectivity index (χ0) is 14.2. The van der Waals surface area contributed by atoms with Crippen LogP contribution >= 0.6 is 23.2 Å². The minimum absolute atomic E-state index is 0.289. The van der Waals surface area contributed by atoms with Gasteiger partial charge in [-0.2, -0.15) is 0 Å². The smallest absolute Gasteiger partial charge is 0.335 e. The van der Waals surface area contributed by atoms with Crippen LogP contribution in [-0.2, 0) is 0 Å². The van der Waals surface area contributed by atoms with Crippen molar-refractivity contribution >= 4 is 29.2 Å². The van der Waals surface area contributed by atoms with Crippen LogP contribution < -0.4 is 0 Å². The van der Waals surface area contributed by atoms with Gasteiger partial charge in [-0.05, 0) is 60.4 Å². The first-order valence-corrected chi connectivity index (χ1v) is 6.45. The van der Waals surface area contributed by atoms with Crippen molar-refractivity contribution in [2.45, 2.75) is 13.8 Å². The Morgan fingerprint density at radius 3 is 2.05 bits per heavy atom. The van der Waals surface area contributed by atoms with E-state index in [1.54, 1.807) is 31.2 Å². The van der Waals surface area contributed by atoms with Crippen molar-refractivity contribution in [2.24, 2.45) is 0 Å². The molecular formula is C15H12Cl2O2. The first-order valence-electron chi connectivity index (χ1n) is 5.69. The third-order valence-electron chi connectivity index (χ3n) is 2.98. The van der Waals surface area contributed by atoms with Crippen LogP contribution in [0.2, 0.25) is 10.0 Å². The van der Waals surface area contributed by atoms with Crippen LogP contribution in [0.3, 0.4) is 0 Å². The number of hydrogen-bond acceptors (Lipinski definition) is 1. The predicted molar refractivity (Wildman–Crippen MR) is 78.3 cm³/mol. The first kappa shape index (κ1) is 13.9. The SMILES string of the molecule is Cc1cc(C)c(-c2cc(Cl)cc(Cl)c2)cc1C(=O)O. The lowest BCUT2D eigenvalue weighted by Crippen LogP contribution is -2.01. The van der Waals surface area contributed by atoms with E-state index in [2.05, 4.69) is 0 Å². The molecule has 19 heavy (non-hydrogen) atoms. The van der Waals surface area contributed by atoms with Crippen LogP contribution in [0.1, 0.15) is 21.5 Å². The molecule has 2 rings (SSSR count). The van der Waals surface area contributed by atoms with Crippen LogP contribution in [0, 0.1) is 13.8 Å². The van der Waals surface area contributed by atoms with Crippen molar-refractivity contribution in [3.8, 4) is 11.1 Å². The number of halogens is 2. The summed E-state index contributed by atoms with van der Waals surface area (Å²) in [6, 6.07) is 8.71. The summed E-state index contributed by atoms with van der Waals surface area (Å²) in [6.07, 6.45) is 0. The molecule has 0 amide bonds. The molecule has 1 N–H and O–H groups in total. The van der Waals surface area contributed by atoms with E-state index in [0.29, 0.717) is 10.0 Å². The molecule has 0 saturated carbocycles. The van der Waals surface area contributed by atoms with E-state index in [9.17, 15) is 9.90 Å². The van der Waals surface area contributed by atoms with Crippen molar-refractivity contribution in [1.82, 2.24) is 0 Å². The zero-order valence-corrected chi connectivity index (χ0v) is 12.0. The Kier molecular flexibility index (Phi) is 3.83. The van der Waals surface area contributed by atoms with Gasteiger partial charge in [0.1, 0.15) is 0 Å². The number of carbonyl (C=O) groups is 1. The highest BCUT2D eigenvalue weighted by Crippen LogP contribution is 2.31. The Morgan fingerprint density at radius 1 is 0.947 bits per heavy atom.